The van der Waals surface area contributed by atoms with Crippen LogP contribution in [-0.4, -0.2) is 34.8 Å². The summed E-state index contributed by atoms with van der Waals surface area (Å²) in [5, 5.41) is 8.05. The van der Waals surface area contributed by atoms with Crippen LogP contribution in [0, 0.1) is 5.41 Å². The molecule has 2 heterocycles. The molecule has 1 aliphatic carbocycles. The summed E-state index contributed by atoms with van der Waals surface area (Å²) in [6.07, 6.45) is 2.72. The number of halogens is 1. The van der Waals surface area contributed by atoms with Crippen molar-refractivity contribution in [1.82, 2.24) is 14.8 Å². The number of rotatable bonds is 3. The predicted octanol–water partition coefficient (Wildman–Crippen LogP) is 3.61. The number of allylic oxidation sites excluding steroid dienone is 2. The van der Waals surface area contributed by atoms with Crippen molar-refractivity contribution in [3.8, 4) is 11.5 Å². The van der Waals surface area contributed by atoms with E-state index in [4.69, 9.17) is 21.1 Å². The van der Waals surface area contributed by atoms with Gasteiger partial charge >= 0.3 is 0 Å². The Morgan fingerprint density at radius 1 is 1.26 bits per heavy atom. The number of hydrogen-bond acceptors (Lipinski definition) is 6. The number of anilines is 1. The van der Waals surface area contributed by atoms with Gasteiger partial charge in [-0.3, -0.25) is 4.79 Å². The van der Waals surface area contributed by atoms with E-state index in [0.717, 1.165) is 17.7 Å². The van der Waals surface area contributed by atoms with Gasteiger partial charge in [0.1, 0.15) is 12.4 Å². The first-order valence-corrected chi connectivity index (χ1v) is 9.06. The molecule has 2 aromatic rings. The molecule has 0 radical (unpaired) electrons. The van der Waals surface area contributed by atoms with Crippen molar-refractivity contribution in [2.45, 2.75) is 32.7 Å². The van der Waals surface area contributed by atoms with Gasteiger partial charge in [0, 0.05) is 17.7 Å². The highest BCUT2D eigenvalue weighted by Gasteiger charge is 2.41. The summed E-state index contributed by atoms with van der Waals surface area (Å²) in [5.41, 5.74) is 2.29. The largest absolute Gasteiger partial charge is 0.493 e. The Morgan fingerprint density at radius 2 is 2.04 bits per heavy atom. The molecule has 0 bridgehead atoms. The second-order valence-electron chi connectivity index (χ2n) is 7.63. The van der Waals surface area contributed by atoms with E-state index in [1.165, 1.54) is 13.4 Å². The van der Waals surface area contributed by atoms with E-state index in [2.05, 4.69) is 29.2 Å². The van der Waals surface area contributed by atoms with Gasteiger partial charge in [-0.25, -0.2) is 4.68 Å². The number of nitrogens with one attached hydrogen (secondary N) is 1. The molecule has 1 N–H and O–H groups in total. The van der Waals surface area contributed by atoms with Crippen molar-refractivity contribution in [3.63, 3.8) is 0 Å². The highest BCUT2D eigenvalue weighted by Crippen LogP contribution is 2.47. The van der Waals surface area contributed by atoms with Gasteiger partial charge in [0.05, 0.1) is 19.2 Å². The zero-order valence-electron chi connectivity index (χ0n) is 15.7. The molecular weight excluding hydrogens is 368 g/mol. The van der Waals surface area contributed by atoms with Crippen molar-refractivity contribution in [1.29, 1.82) is 0 Å². The number of methoxy groups -OCH3 is 2. The zero-order chi connectivity index (χ0) is 19.3. The van der Waals surface area contributed by atoms with Crippen LogP contribution >= 0.6 is 11.6 Å². The smallest absolute Gasteiger partial charge is 0.226 e. The number of carbonyl (C=O) groups is 1. The lowest BCUT2D eigenvalue weighted by Gasteiger charge is -2.38. The molecule has 4 rings (SSSR count). The molecule has 0 amide bonds. The minimum Gasteiger partial charge on any atom is -0.493 e. The normalized spacial score (nSPS) is 20.6. The lowest BCUT2D eigenvalue weighted by Crippen LogP contribution is -2.36. The summed E-state index contributed by atoms with van der Waals surface area (Å²) in [6, 6.07) is 3.21. The number of aromatic nitrogens is 3. The molecule has 2 aliphatic rings. The van der Waals surface area contributed by atoms with E-state index in [9.17, 15) is 4.79 Å². The van der Waals surface area contributed by atoms with Crippen LogP contribution in [-0.2, 0) is 4.79 Å². The molecule has 1 aromatic heterocycles. The van der Waals surface area contributed by atoms with E-state index < -0.39 is 6.04 Å². The molecule has 27 heavy (non-hydrogen) atoms. The maximum Gasteiger partial charge on any atom is 0.226 e. The van der Waals surface area contributed by atoms with Gasteiger partial charge in [0.15, 0.2) is 17.3 Å². The first-order chi connectivity index (χ1) is 12.8. The average molecular weight is 389 g/mol. The maximum atomic E-state index is 13.1. The van der Waals surface area contributed by atoms with Crippen LogP contribution in [0.15, 0.2) is 29.7 Å². The van der Waals surface area contributed by atoms with Crippen LogP contribution in [0.2, 0.25) is 5.02 Å². The molecule has 1 aliphatic heterocycles. The van der Waals surface area contributed by atoms with Gasteiger partial charge < -0.3 is 14.8 Å². The molecule has 142 valence electrons. The Balaban J connectivity index is 1.92. The quantitative estimate of drug-likeness (QED) is 0.865. The third kappa shape index (κ3) is 2.86. The fourth-order valence-electron chi connectivity index (χ4n) is 3.95. The van der Waals surface area contributed by atoms with Gasteiger partial charge in [-0.05, 0) is 29.5 Å². The Morgan fingerprint density at radius 3 is 2.74 bits per heavy atom. The van der Waals surface area contributed by atoms with Gasteiger partial charge in [0.25, 0.3) is 0 Å². The number of benzene rings is 1. The lowest BCUT2D eigenvalue weighted by molar-refractivity contribution is -0.118. The zero-order valence-corrected chi connectivity index (χ0v) is 16.4. The molecule has 0 saturated heterocycles. The first kappa shape index (κ1) is 17.9. The standard InChI is InChI=1S/C19H21ClN4O3/c1-19(2)7-12-15(13(25)8-19)16(24-18(23-12)21-9-22-24)10-5-11(20)17(27-4)14(6-10)26-3/h5-6,9,16H,7-8H2,1-4H3,(H,21,22,23). The minimum atomic E-state index is -0.417. The topological polar surface area (TPSA) is 78.3 Å². The van der Waals surface area contributed by atoms with Crippen LogP contribution in [0.3, 0.4) is 0 Å². The van der Waals surface area contributed by atoms with Crippen molar-refractivity contribution >= 4 is 23.3 Å². The summed E-state index contributed by atoms with van der Waals surface area (Å²) >= 11 is 6.42. The van der Waals surface area contributed by atoms with Gasteiger partial charge in [0.2, 0.25) is 5.95 Å². The summed E-state index contributed by atoms with van der Waals surface area (Å²) in [5.74, 6) is 1.67. The molecule has 8 heteroatoms. The van der Waals surface area contributed by atoms with Crippen molar-refractivity contribution in [2.75, 3.05) is 19.5 Å². The number of ether oxygens (including phenoxy) is 2. The van der Waals surface area contributed by atoms with Gasteiger partial charge in [-0.1, -0.05) is 25.4 Å². The minimum absolute atomic E-state index is 0.103. The van der Waals surface area contributed by atoms with Crippen LogP contribution in [0.1, 0.15) is 38.3 Å². The number of nitrogens with zero attached hydrogens (tertiary/aromatic N) is 3. The summed E-state index contributed by atoms with van der Waals surface area (Å²) in [6.45, 7) is 4.19. The number of hydrogen-bond donors (Lipinski definition) is 1. The van der Waals surface area contributed by atoms with E-state index in [0.29, 0.717) is 34.5 Å². The van der Waals surface area contributed by atoms with Crippen molar-refractivity contribution in [2.24, 2.45) is 5.41 Å². The summed E-state index contributed by atoms with van der Waals surface area (Å²) < 4.78 is 12.5. The van der Waals surface area contributed by atoms with E-state index in [1.807, 2.05) is 6.07 Å². The van der Waals surface area contributed by atoms with Crippen LogP contribution in [0.25, 0.3) is 0 Å². The third-order valence-corrected chi connectivity index (χ3v) is 5.33. The number of ketones is 1. The average Bonchev–Trinajstić information content (AvgIpc) is 3.06. The molecule has 0 saturated carbocycles. The Kier molecular flexibility index (Phi) is 4.14. The van der Waals surface area contributed by atoms with Gasteiger partial charge in [-0.15, -0.1) is 0 Å². The lowest BCUT2D eigenvalue weighted by atomic mass is 9.73. The second-order valence-corrected chi connectivity index (χ2v) is 8.03. The fourth-order valence-corrected chi connectivity index (χ4v) is 4.25. The first-order valence-electron chi connectivity index (χ1n) is 8.69. The Hall–Kier alpha value is -2.54. The molecule has 0 fully saturated rings. The molecular formula is C19H21ClN4O3. The van der Waals surface area contributed by atoms with Crippen LogP contribution < -0.4 is 14.8 Å². The van der Waals surface area contributed by atoms with Crippen LogP contribution in [0.4, 0.5) is 5.95 Å². The van der Waals surface area contributed by atoms with E-state index in [-0.39, 0.29) is 11.2 Å². The Bertz CT molecular complexity index is 964. The Labute approximate surface area is 162 Å². The molecule has 7 nitrogen and oxygen atoms in total. The van der Waals surface area contributed by atoms with E-state index in [1.54, 1.807) is 17.9 Å². The fraction of sp³-hybridized carbons (Fsp3) is 0.421. The molecule has 1 unspecified atom stereocenters. The molecule has 1 atom stereocenters. The number of carbonyl (C=O) groups excluding carboxylic acids is 1. The number of fused-ring (bicyclic) bond motifs is 1. The van der Waals surface area contributed by atoms with Gasteiger partial charge in [-0.2, -0.15) is 10.1 Å². The summed E-state index contributed by atoms with van der Waals surface area (Å²) in [4.78, 5) is 17.4. The molecule has 0 spiro atoms. The highest BCUT2D eigenvalue weighted by molar-refractivity contribution is 6.32. The van der Waals surface area contributed by atoms with E-state index >= 15 is 0 Å². The van der Waals surface area contributed by atoms with Crippen molar-refractivity contribution in [3.05, 3.63) is 40.3 Å². The maximum absolute atomic E-state index is 13.1. The molecule has 1 aromatic carbocycles. The monoisotopic (exact) mass is 388 g/mol. The highest BCUT2D eigenvalue weighted by atomic mass is 35.5. The SMILES string of the molecule is COc1cc(C2C3=C(CC(C)(C)CC3=O)Nc3ncnn32)cc(Cl)c1OC. The summed E-state index contributed by atoms with van der Waals surface area (Å²) in [7, 11) is 3.09. The van der Waals surface area contributed by atoms with Crippen LogP contribution in [0.5, 0.6) is 11.5 Å². The predicted molar refractivity (Wildman–Crippen MR) is 101 cm³/mol. The van der Waals surface area contributed by atoms with Crippen molar-refractivity contribution < 1.29 is 14.3 Å². The number of Topliss-reactive ketones (excluding diaryl/α,β-unsaturated/α-hetero) is 1. The third-order valence-electron chi connectivity index (χ3n) is 5.05. The second kappa shape index (κ2) is 6.27.